The minimum absolute atomic E-state index is 0.310. The largest absolute Gasteiger partial charge is 0.411 e. The molecular weight excluding hydrogens is 218 g/mol. The maximum atomic E-state index is 8.65. The number of ether oxygens (including phenoxy) is 1. The van der Waals surface area contributed by atoms with Crippen LogP contribution in [-0.4, -0.2) is 33.2 Å². The van der Waals surface area contributed by atoms with Gasteiger partial charge in [-0.3, -0.25) is 0 Å². The molecule has 1 N–H and O–H groups in total. The van der Waals surface area contributed by atoms with Crippen molar-refractivity contribution < 1.29 is 9.94 Å². The molecule has 0 aromatic carbocycles. The van der Waals surface area contributed by atoms with Gasteiger partial charge in [-0.2, -0.15) is 0 Å². The van der Waals surface area contributed by atoms with Gasteiger partial charge < -0.3 is 14.5 Å². The third-order valence-corrected chi connectivity index (χ3v) is 3.26. The first-order chi connectivity index (χ1) is 8.29. The van der Waals surface area contributed by atoms with Gasteiger partial charge in [0.25, 0.3) is 0 Å². The number of hydrogen-bond donors (Lipinski definition) is 1. The first kappa shape index (κ1) is 12.1. The van der Waals surface area contributed by atoms with Gasteiger partial charge in [0.2, 0.25) is 0 Å². The van der Waals surface area contributed by atoms with Crippen molar-refractivity contribution in [2.24, 2.45) is 5.16 Å². The summed E-state index contributed by atoms with van der Waals surface area (Å²) in [5.41, 5.74) is 0.898. The number of nitrogens with zero attached hydrogens (tertiary/aromatic N) is 3. The Morgan fingerprint density at radius 3 is 2.88 bits per heavy atom. The Morgan fingerprint density at radius 1 is 1.53 bits per heavy atom. The van der Waals surface area contributed by atoms with E-state index in [-0.39, 0.29) is 0 Å². The lowest BCUT2D eigenvalue weighted by Crippen LogP contribution is -2.23. The topological polar surface area (TPSA) is 59.6 Å². The van der Waals surface area contributed by atoms with E-state index < -0.39 is 0 Å². The lowest BCUT2D eigenvalue weighted by Gasteiger charge is -2.22. The van der Waals surface area contributed by atoms with Gasteiger partial charge in [0.05, 0.1) is 18.4 Å². The second kappa shape index (κ2) is 5.82. The zero-order valence-electron chi connectivity index (χ0n) is 10.2. The monoisotopic (exact) mass is 237 g/mol. The normalized spacial score (nSPS) is 20.5. The van der Waals surface area contributed by atoms with E-state index in [1.54, 1.807) is 6.20 Å². The minimum atomic E-state index is 0.310. The summed E-state index contributed by atoms with van der Waals surface area (Å²) in [5.74, 6) is 1.02. The molecule has 0 bridgehead atoms. The van der Waals surface area contributed by atoms with Gasteiger partial charge in [0.15, 0.2) is 0 Å². The van der Waals surface area contributed by atoms with Gasteiger partial charge in [-0.1, -0.05) is 5.16 Å². The summed E-state index contributed by atoms with van der Waals surface area (Å²) < 4.78 is 7.91. The van der Waals surface area contributed by atoms with Crippen LogP contribution in [0, 0.1) is 6.92 Å². The van der Waals surface area contributed by atoms with Crippen LogP contribution < -0.4 is 0 Å². The van der Waals surface area contributed by atoms with E-state index in [0.717, 1.165) is 43.8 Å². The average molecular weight is 237 g/mol. The highest BCUT2D eigenvalue weighted by Crippen LogP contribution is 2.18. The Kier molecular flexibility index (Phi) is 4.14. The van der Waals surface area contributed by atoms with Crippen LogP contribution in [0.15, 0.2) is 17.5 Å². The first-order valence-corrected chi connectivity index (χ1v) is 6.08. The zero-order valence-corrected chi connectivity index (χ0v) is 10.2. The fourth-order valence-electron chi connectivity index (χ4n) is 2.15. The fraction of sp³-hybridized carbons (Fsp3) is 0.667. The van der Waals surface area contributed by atoms with Crippen molar-refractivity contribution in [1.29, 1.82) is 0 Å². The molecule has 0 spiro atoms. The SMILES string of the molecule is Cc1nccn1CCOC1CCC(=NO)CC1. The molecule has 1 aliphatic carbocycles. The van der Waals surface area contributed by atoms with Crippen molar-refractivity contribution in [3.05, 3.63) is 18.2 Å². The Labute approximate surface area is 101 Å². The summed E-state index contributed by atoms with van der Waals surface area (Å²) in [6, 6.07) is 0. The lowest BCUT2D eigenvalue weighted by atomic mass is 9.96. The molecule has 1 aromatic heterocycles. The summed E-state index contributed by atoms with van der Waals surface area (Å²) >= 11 is 0. The highest BCUT2D eigenvalue weighted by molar-refractivity contribution is 5.84. The van der Waals surface area contributed by atoms with Crippen LogP contribution in [0.5, 0.6) is 0 Å². The molecule has 1 aliphatic rings. The van der Waals surface area contributed by atoms with E-state index in [1.165, 1.54) is 0 Å². The van der Waals surface area contributed by atoms with E-state index in [2.05, 4.69) is 14.7 Å². The van der Waals surface area contributed by atoms with Gasteiger partial charge in [0, 0.05) is 18.9 Å². The quantitative estimate of drug-likeness (QED) is 0.643. The molecule has 0 amide bonds. The Hall–Kier alpha value is -1.36. The van der Waals surface area contributed by atoms with E-state index in [1.807, 2.05) is 13.1 Å². The molecule has 0 saturated heterocycles. The molecule has 94 valence electrons. The van der Waals surface area contributed by atoms with Crippen LogP contribution in [0.25, 0.3) is 0 Å². The van der Waals surface area contributed by atoms with Crippen LogP contribution in [0.3, 0.4) is 0 Å². The number of rotatable bonds is 4. The maximum Gasteiger partial charge on any atom is 0.105 e. The number of aromatic nitrogens is 2. The average Bonchev–Trinajstić information content (AvgIpc) is 2.76. The highest BCUT2D eigenvalue weighted by atomic mass is 16.5. The Bertz CT molecular complexity index is 377. The predicted molar refractivity (Wildman–Crippen MR) is 64.4 cm³/mol. The summed E-state index contributed by atoms with van der Waals surface area (Å²) in [6.45, 7) is 3.56. The highest BCUT2D eigenvalue weighted by Gasteiger charge is 2.18. The van der Waals surface area contributed by atoms with Crippen molar-refractivity contribution in [3.63, 3.8) is 0 Å². The molecule has 1 aromatic rings. The molecule has 5 heteroatoms. The summed E-state index contributed by atoms with van der Waals surface area (Å²) in [5, 5.41) is 11.9. The molecule has 2 rings (SSSR count). The number of hydrogen-bond acceptors (Lipinski definition) is 4. The molecular formula is C12H19N3O2. The molecule has 1 fully saturated rings. The molecule has 17 heavy (non-hydrogen) atoms. The van der Waals surface area contributed by atoms with Crippen LogP contribution >= 0.6 is 0 Å². The Morgan fingerprint density at radius 2 is 2.29 bits per heavy atom. The number of aryl methyl sites for hydroxylation is 1. The summed E-state index contributed by atoms with van der Waals surface area (Å²) in [4.78, 5) is 4.17. The standard InChI is InChI=1S/C12H19N3O2/c1-10-13-6-7-15(10)8-9-17-12-4-2-11(14-16)3-5-12/h6-7,12,16H,2-5,8-9H2,1H3. The van der Waals surface area contributed by atoms with Crippen LogP contribution in [-0.2, 0) is 11.3 Å². The van der Waals surface area contributed by atoms with Crippen molar-refractivity contribution in [1.82, 2.24) is 9.55 Å². The third kappa shape index (κ3) is 3.30. The first-order valence-electron chi connectivity index (χ1n) is 6.08. The Balaban J connectivity index is 1.68. The molecule has 0 aliphatic heterocycles. The minimum Gasteiger partial charge on any atom is -0.411 e. The predicted octanol–water partition coefficient (Wildman–Crippen LogP) is 1.98. The summed E-state index contributed by atoms with van der Waals surface area (Å²) in [6.07, 6.45) is 7.71. The van der Waals surface area contributed by atoms with Gasteiger partial charge in [-0.15, -0.1) is 0 Å². The van der Waals surface area contributed by atoms with Gasteiger partial charge in [-0.05, 0) is 32.6 Å². The smallest absolute Gasteiger partial charge is 0.105 e. The summed E-state index contributed by atoms with van der Waals surface area (Å²) in [7, 11) is 0. The van der Waals surface area contributed by atoms with Crippen LogP contribution in [0.2, 0.25) is 0 Å². The maximum absolute atomic E-state index is 8.65. The second-order valence-corrected chi connectivity index (χ2v) is 4.40. The zero-order chi connectivity index (χ0) is 12.1. The van der Waals surface area contributed by atoms with Crippen LogP contribution in [0.1, 0.15) is 31.5 Å². The molecule has 0 radical (unpaired) electrons. The lowest BCUT2D eigenvalue weighted by molar-refractivity contribution is 0.0348. The van der Waals surface area contributed by atoms with E-state index >= 15 is 0 Å². The van der Waals surface area contributed by atoms with E-state index in [4.69, 9.17) is 9.94 Å². The molecule has 5 nitrogen and oxygen atoms in total. The number of oxime groups is 1. The van der Waals surface area contributed by atoms with Crippen molar-refractivity contribution in [2.45, 2.75) is 45.3 Å². The van der Waals surface area contributed by atoms with Crippen molar-refractivity contribution in [3.8, 4) is 0 Å². The molecule has 0 unspecified atom stereocenters. The van der Waals surface area contributed by atoms with Crippen molar-refractivity contribution >= 4 is 5.71 Å². The molecule has 0 atom stereocenters. The third-order valence-electron chi connectivity index (χ3n) is 3.26. The van der Waals surface area contributed by atoms with E-state index in [9.17, 15) is 0 Å². The fourth-order valence-corrected chi connectivity index (χ4v) is 2.15. The van der Waals surface area contributed by atoms with Gasteiger partial charge in [0.1, 0.15) is 5.82 Å². The van der Waals surface area contributed by atoms with E-state index in [0.29, 0.717) is 12.7 Å². The second-order valence-electron chi connectivity index (χ2n) is 4.40. The van der Waals surface area contributed by atoms with Gasteiger partial charge in [-0.25, -0.2) is 4.98 Å². The van der Waals surface area contributed by atoms with Crippen molar-refractivity contribution in [2.75, 3.05) is 6.61 Å². The van der Waals surface area contributed by atoms with Crippen LogP contribution in [0.4, 0.5) is 0 Å². The van der Waals surface area contributed by atoms with Gasteiger partial charge >= 0.3 is 0 Å². The number of imidazole rings is 1. The molecule has 1 heterocycles. The molecule has 1 saturated carbocycles.